The molecule has 0 amide bonds. The van der Waals surface area contributed by atoms with Crippen molar-refractivity contribution in [1.82, 2.24) is 0 Å². The van der Waals surface area contributed by atoms with Gasteiger partial charge in [-0.2, -0.15) is 0 Å². The number of ketones is 1. The fourth-order valence-corrected chi connectivity index (χ4v) is 7.97. The first kappa shape index (κ1) is 16.8. The van der Waals surface area contributed by atoms with E-state index in [0.717, 1.165) is 38.0 Å². The highest BCUT2D eigenvalue weighted by molar-refractivity contribution is 5.79. The number of carbonyl (C=O) groups excluding carboxylic acids is 1. The summed E-state index contributed by atoms with van der Waals surface area (Å²) in [4.78, 5) is 12.3. The van der Waals surface area contributed by atoms with E-state index < -0.39 is 0 Å². The third kappa shape index (κ3) is 2.01. The molecule has 0 bridgehead atoms. The fraction of sp³-hybridized carbons (Fsp3) is 0.864. The molecule has 4 rings (SSSR count). The van der Waals surface area contributed by atoms with Crippen molar-refractivity contribution in [3.63, 3.8) is 0 Å². The van der Waals surface area contributed by atoms with E-state index in [0.29, 0.717) is 17.1 Å². The molecule has 0 saturated heterocycles. The summed E-state index contributed by atoms with van der Waals surface area (Å²) in [5, 5.41) is 10.1. The highest BCUT2D eigenvalue weighted by Gasteiger charge is 2.64. The average molecular weight is 331 g/mol. The summed E-state index contributed by atoms with van der Waals surface area (Å²) in [6.45, 7) is 9.25. The van der Waals surface area contributed by atoms with Crippen LogP contribution < -0.4 is 0 Å². The van der Waals surface area contributed by atoms with Crippen molar-refractivity contribution in [2.75, 3.05) is 0 Å². The van der Waals surface area contributed by atoms with E-state index in [1.54, 1.807) is 0 Å². The van der Waals surface area contributed by atoms with Crippen LogP contribution in [0.2, 0.25) is 0 Å². The summed E-state index contributed by atoms with van der Waals surface area (Å²) < 4.78 is 0. The van der Waals surface area contributed by atoms with Gasteiger partial charge in [0.25, 0.3) is 0 Å². The average Bonchev–Trinajstić information content (AvgIpc) is 2.87. The Balaban J connectivity index is 1.73. The van der Waals surface area contributed by atoms with E-state index in [1.807, 2.05) is 6.92 Å². The molecular formula is C22H34O2. The van der Waals surface area contributed by atoms with Crippen LogP contribution in [0, 0.1) is 34.0 Å². The zero-order valence-electron chi connectivity index (χ0n) is 15.9. The number of rotatable bonds is 1. The Morgan fingerprint density at radius 1 is 1.04 bits per heavy atom. The molecule has 134 valence electrons. The van der Waals surface area contributed by atoms with Gasteiger partial charge < -0.3 is 5.11 Å². The minimum Gasteiger partial charge on any atom is -0.393 e. The van der Waals surface area contributed by atoms with Crippen molar-refractivity contribution >= 4 is 5.78 Å². The van der Waals surface area contributed by atoms with E-state index in [2.05, 4.69) is 26.8 Å². The lowest BCUT2D eigenvalue weighted by atomic mass is 9.41. The lowest BCUT2D eigenvalue weighted by Gasteiger charge is -2.63. The summed E-state index contributed by atoms with van der Waals surface area (Å²) in [5.41, 5.74) is 2.36. The first-order valence-electron chi connectivity index (χ1n) is 10.1. The molecule has 2 nitrogen and oxygen atoms in total. The number of aliphatic hydroxyl groups excluding tert-OH is 1. The molecule has 7 atom stereocenters. The van der Waals surface area contributed by atoms with E-state index in [1.165, 1.54) is 24.8 Å². The second-order valence-electron chi connectivity index (χ2n) is 10.1. The van der Waals surface area contributed by atoms with Gasteiger partial charge in [0, 0.05) is 5.92 Å². The van der Waals surface area contributed by atoms with Crippen LogP contribution >= 0.6 is 0 Å². The molecular weight excluding hydrogens is 296 g/mol. The van der Waals surface area contributed by atoms with Gasteiger partial charge in [0.1, 0.15) is 5.78 Å². The van der Waals surface area contributed by atoms with E-state index in [4.69, 9.17) is 0 Å². The van der Waals surface area contributed by atoms with Crippen molar-refractivity contribution in [3.05, 3.63) is 11.6 Å². The predicted octanol–water partition coefficient (Wildman–Crippen LogP) is 4.91. The molecule has 0 heterocycles. The van der Waals surface area contributed by atoms with Gasteiger partial charge in [-0.1, -0.05) is 32.4 Å². The largest absolute Gasteiger partial charge is 0.393 e. The molecule has 2 unspecified atom stereocenters. The summed E-state index contributed by atoms with van der Waals surface area (Å²) in [6, 6.07) is 0. The second-order valence-corrected chi connectivity index (χ2v) is 10.1. The zero-order chi connectivity index (χ0) is 17.3. The van der Waals surface area contributed by atoms with E-state index >= 15 is 0 Å². The van der Waals surface area contributed by atoms with Gasteiger partial charge in [-0.05, 0) is 86.4 Å². The molecule has 4 aliphatic rings. The number of hydrogen-bond acceptors (Lipinski definition) is 2. The van der Waals surface area contributed by atoms with Crippen LogP contribution in [-0.4, -0.2) is 17.0 Å². The molecule has 0 radical (unpaired) electrons. The minimum absolute atomic E-state index is 0.129. The number of hydrogen-bond donors (Lipinski definition) is 1. The highest BCUT2D eigenvalue weighted by atomic mass is 16.3. The first-order valence-corrected chi connectivity index (χ1v) is 10.1. The van der Waals surface area contributed by atoms with Gasteiger partial charge in [-0.25, -0.2) is 0 Å². The quantitative estimate of drug-likeness (QED) is 0.694. The molecule has 0 spiro atoms. The number of fused-ring (bicyclic) bond motifs is 5. The standard InChI is InChI=1S/C22H34O2/c1-14(23)17-5-6-18-21(17,3)12-9-19-20(2)11-8-16(24)13-15(20)7-10-22(18,19)4/h7,16-19,24H,5-6,8-13H2,1-4H3/t16-,17+,18?,19?,20-,21+,22-/m0/s1. The monoisotopic (exact) mass is 330 g/mol. The van der Waals surface area contributed by atoms with Crippen LogP contribution in [0.15, 0.2) is 11.6 Å². The van der Waals surface area contributed by atoms with Gasteiger partial charge >= 0.3 is 0 Å². The molecule has 4 aliphatic carbocycles. The Hall–Kier alpha value is -0.630. The van der Waals surface area contributed by atoms with Crippen molar-refractivity contribution in [2.45, 2.75) is 85.2 Å². The summed E-state index contributed by atoms with van der Waals surface area (Å²) in [5.74, 6) is 2.10. The third-order valence-corrected chi connectivity index (χ3v) is 9.13. The van der Waals surface area contributed by atoms with Gasteiger partial charge in [0.2, 0.25) is 0 Å². The van der Waals surface area contributed by atoms with Gasteiger partial charge in [0.15, 0.2) is 0 Å². The van der Waals surface area contributed by atoms with Gasteiger partial charge in [-0.15, -0.1) is 0 Å². The molecule has 0 aliphatic heterocycles. The third-order valence-electron chi connectivity index (χ3n) is 9.13. The predicted molar refractivity (Wildman–Crippen MR) is 96.5 cm³/mol. The topological polar surface area (TPSA) is 37.3 Å². The molecule has 24 heavy (non-hydrogen) atoms. The van der Waals surface area contributed by atoms with Crippen molar-refractivity contribution in [3.8, 4) is 0 Å². The SMILES string of the molecule is CC(=O)[C@H]1CCC2[C@]3(C)CC=C4C[C@@H](O)CC[C@]4(C)C3CC[C@@]21C. The fourth-order valence-electron chi connectivity index (χ4n) is 7.97. The molecule has 0 aromatic rings. The molecule has 0 aromatic heterocycles. The molecule has 3 fully saturated rings. The minimum atomic E-state index is -0.129. The lowest BCUT2D eigenvalue weighted by Crippen LogP contribution is -2.56. The van der Waals surface area contributed by atoms with Crippen LogP contribution in [-0.2, 0) is 4.79 Å². The van der Waals surface area contributed by atoms with Crippen LogP contribution in [0.25, 0.3) is 0 Å². The Labute approximate surface area is 147 Å². The zero-order valence-corrected chi connectivity index (χ0v) is 15.9. The Kier molecular flexibility index (Phi) is 3.64. The Morgan fingerprint density at radius 3 is 2.50 bits per heavy atom. The van der Waals surface area contributed by atoms with E-state index in [9.17, 15) is 9.90 Å². The lowest BCUT2D eigenvalue weighted by molar-refractivity contribution is -0.134. The summed E-state index contributed by atoms with van der Waals surface area (Å²) in [6.07, 6.45) is 11.3. The second kappa shape index (κ2) is 5.19. The summed E-state index contributed by atoms with van der Waals surface area (Å²) in [7, 11) is 0. The maximum Gasteiger partial charge on any atom is 0.133 e. The van der Waals surface area contributed by atoms with Crippen molar-refractivity contribution in [2.24, 2.45) is 34.0 Å². The molecule has 2 heteroatoms. The van der Waals surface area contributed by atoms with Crippen LogP contribution in [0.4, 0.5) is 0 Å². The van der Waals surface area contributed by atoms with Crippen LogP contribution in [0.3, 0.4) is 0 Å². The normalized spacial score (nSPS) is 53.6. The van der Waals surface area contributed by atoms with Crippen LogP contribution in [0.5, 0.6) is 0 Å². The maximum absolute atomic E-state index is 12.3. The first-order chi connectivity index (χ1) is 11.2. The molecule has 3 saturated carbocycles. The molecule has 0 aromatic carbocycles. The molecule has 1 N–H and O–H groups in total. The summed E-state index contributed by atoms with van der Waals surface area (Å²) >= 11 is 0. The van der Waals surface area contributed by atoms with E-state index in [-0.39, 0.29) is 22.9 Å². The number of Topliss-reactive ketones (excluding diaryl/α,β-unsaturated/α-hetero) is 1. The highest BCUT2D eigenvalue weighted by Crippen LogP contribution is 2.71. The number of allylic oxidation sites excluding steroid dienone is 1. The van der Waals surface area contributed by atoms with Crippen molar-refractivity contribution < 1.29 is 9.90 Å². The maximum atomic E-state index is 12.3. The Bertz CT molecular complexity index is 593. The van der Waals surface area contributed by atoms with Crippen molar-refractivity contribution in [1.29, 1.82) is 0 Å². The van der Waals surface area contributed by atoms with Crippen LogP contribution in [0.1, 0.15) is 79.1 Å². The van der Waals surface area contributed by atoms with Gasteiger partial charge in [-0.3, -0.25) is 4.79 Å². The van der Waals surface area contributed by atoms with Gasteiger partial charge in [0.05, 0.1) is 6.10 Å². The smallest absolute Gasteiger partial charge is 0.133 e. The number of carbonyl (C=O) groups is 1. The number of aliphatic hydroxyl groups is 1. The Morgan fingerprint density at radius 2 is 1.79 bits per heavy atom.